The Morgan fingerprint density at radius 2 is 2.10 bits per heavy atom. The van der Waals surface area contributed by atoms with Gasteiger partial charge in [0.25, 0.3) is 0 Å². The van der Waals surface area contributed by atoms with Crippen molar-refractivity contribution in [1.82, 2.24) is 15.2 Å². The normalized spacial score (nSPS) is 18.1. The van der Waals surface area contributed by atoms with Crippen molar-refractivity contribution >= 4 is 27.5 Å². The summed E-state index contributed by atoms with van der Waals surface area (Å²) >= 11 is 1.80. The molecular formula is C16H21N3OS. The number of thiazole rings is 1. The van der Waals surface area contributed by atoms with Crippen molar-refractivity contribution in [3.63, 3.8) is 0 Å². The lowest BCUT2D eigenvalue weighted by atomic mass is 9.97. The molecule has 1 amide bonds. The molecule has 1 atom stereocenters. The van der Waals surface area contributed by atoms with Gasteiger partial charge in [0.2, 0.25) is 5.91 Å². The number of rotatable bonds is 3. The molecular weight excluding hydrogens is 282 g/mol. The number of nitrogens with zero attached hydrogens (tertiary/aromatic N) is 2. The third kappa shape index (κ3) is 2.94. The molecule has 0 bridgehead atoms. The van der Waals surface area contributed by atoms with Crippen LogP contribution in [-0.4, -0.2) is 42.0 Å². The SMILES string of the molecule is CNC(C)C(=O)N1CCC(c2nc3ccccc3s2)CC1. The first-order valence-electron chi connectivity index (χ1n) is 7.50. The van der Waals surface area contributed by atoms with Crippen molar-refractivity contribution in [3.05, 3.63) is 29.3 Å². The van der Waals surface area contributed by atoms with Gasteiger partial charge in [-0.1, -0.05) is 12.1 Å². The Morgan fingerprint density at radius 1 is 1.38 bits per heavy atom. The van der Waals surface area contributed by atoms with Crippen LogP contribution >= 0.6 is 11.3 Å². The van der Waals surface area contributed by atoms with E-state index in [2.05, 4.69) is 23.5 Å². The van der Waals surface area contributed by atoms with Gasteiger partial charge in [0, 0.05) is 19.0 Å². The van der Waals surface area contributed by atoms with Crippen molar-refractivity contribution in [1.29, 1.82) is 0 Å². The molecule has 0 aliphatic carbocycles. The van der Waals surface area contributed by atoms with Crippen molar-refractivity contribution in [3.8, 4) is 0 Å². The van der Waals surface area contributed by atoms with Crippen LogP contribution in [0.5, 0.6) is 0 Å². The molecule has 1 aromatic carbocycles. The number of benzene rings is 1. The number of nitrogens with one attached hydrogen (secondary N) is 1. The van der Waals surface area contributed by atoms with Crippen LogP contribution in [-0.2, 0) is 4.79 Å². The van der Waals surface area contributed by atoms with E-state index in [4.69, 9.17) is 4.98 Å². The van der Waals surface area contributed by atoms with Gasteiger partial charge in [0.1, 0.15) is 0 Å². The van der Waals surface area contributed by atoms with Crippen LogP contribution in [0, 0.1) is 0 Å². The Kier molecular flexibility index (Phi) is 4.22. The molecule has 1 N–H and O–H groups in total. The second-order valence-corrected chi connectivity index (χ2v) is 6.69. The summed E-state index contributed by atoms with van der Waals surface area (Å²) in [6, 6.07) is 8.20. The van der Waals surface area contributed by atoms with Crippen LogP contribution in [0.2, 0.25) is 0 Å². The molecule has 112 valence electrons. The highest BCUT2D eigenvalue weighted by Crippen LogP contribution is 2.33. The molecule has 1 unspecified atom stereocenters. The summed E-state index contributed by atoms with van der Waals surface area (Å²) in [7, 11) is 1.83. The number of aromatic nitrogens is 1. The zero-order valence-electron chi connectivity index (χ0n) is 12.5. The summed E-state index contributed by atoms with van der Waals surface area (Å²) in [4.78, 5) is 18.9. The van der Waals surface area contributed by atoms with Crippen molar-refractivity contribution < 1.29 is 4.79 Å². The third-order valence-electron chi connectivity index (χ3n) is 4.27. The summed E-state index contributed by atoms with van der Waals surface area (Å²) in [5.41, 5.74) is 1.10. The predicted molar refractivity (Wildman–Crippen MR) is 86.7 cm³/mol. The first kappa shape index (κ1) is 14.5. The van der Waals surface area contributed by atoms with E-state index >= 15 is 0 Å². The highest BCUT2D eigenvalue weighted by Gasteiger charge is 2.27. The van der Waals surface area contributed by atoms with Gasteiger partial charge < -0.3 is 10.2 Å². The van der Waals surface area contributed by atoms with E-state index in [1.165, 1.54) is 9.71 Å². The smallest absolute Gasteiger partial charge is 0.239 e. The zero-order valence-corrected chi connectivity index (χ0v) is 13.3. The second kappa shape index (κ2) is 6.12. The number of likely N-dealkylation sites (N-methyl/N-ethyl adjacent to an activating group) is 1. The van der Waals surface area contributed by atoms with Gasteiger partial charge in [-0.25, -0.2) is 4.98 Å². The lowest BCUT2D eigenvalue weighted by Crippen LogP contribution is -2.46. The number of hydrogen-bond donors (Lipinski definition) is 1. The minimum atomic E-state index is -0.0935. The molecule has 1 aliphatic heterocycles. The van der Waals surface area contributed by atoms with E-state index in [0.29, 0.717) is 5.92 Å². The fraction of sp³-hybridized carbons (Fsp3) is 0.500. The summed E-state index contributed by atoms with van der Waals surface area (Å²) in [5.74, 6) is 0.705. The maximum atomic E-state index is 12.2. The summed E-state index contributed by atoms with van der Waals surface area (Å²) in [6.45, 7) is 3.60. The summed E-state index contributed by atoms with van der Waals surface area (Å²) < 4.78 is 1.26. The molecule has 1 aliphatic rings. The van der Waals surface area contributed by atoms with Crippen LogP contribution in [0.3, 0.4) is 0 Å². The maximum absolute atomic E-state index is 12.2. The number of likely N-dealkylation sites (tertiary alicyclic amines) is 1. The number of fused-ring (bicyclic) bond motifs is 1. The largest absolute Gasteiger partial charge is 0.341 e. The Hall–Kier alpha value is -1.46. The van der Waals surface area contributed by atoms with Gasteiger partial charge in [-0.2, -0.15) is 0 Å². The van der Waals surface area contributed by atoms with Gasteiger partial charge in [-0.3, -0.25) is 4.79 Å². The molecule has 21 heavy (non-hydrogen) atoms. The van der Waals surface area contributed by atoms with Crippen molar-refractivity contribution in [2.75, 3.05) is 20.1 Å². The van der Waals surface area contributed by atoms with Crippen LogP contribution < -0.4 is 5.32 Å². The van der Waals surface area contributed by atoms with Gasteiger partial charge in [0.05, 0.1) is 21.3 Å². The molecule has 2 heterocycles. The minimum absolute atomic E-state index is 0.0935. The van der Waals surface area contributed by atoms with Crippen molar-refractivity contribution in [2.45, 2.75) is 31.7 Å². The minimum Gasteiger partial charge on any atom is -0.341 e. The average molecular weight is 303 g/mol. The van der Waals surface area contributed by atoms with E-state index in [1.807, 2.05) is 24.9 Å². The topological polar surface area (TPSA) is 45.2 Å². The zero-order chi connectivity index (χ0) is 14.8. The molecule has 4 nitrogen and oxygen atoms in total. The summed E-state index contributed by atoms with van der Waals surface area (Å²) in [5, 5.41) is 4.25. The van der Waals surface area contributed by atoms with Crippen LogP contribution in [0.1, 0.15) is 30.7 Å². The molecule has 1 fully saturated rings. The van der Waals surface area contributed by atoms with E-state index in [9.17, 15) is 4.79 Å². The number of para-hydroxylation sites is 1. The molecule has 0 radical (unpaired) electrons. The molecule has 0 saturated carbocycles. The van der Waals surface area contributed by atoms with Gasteiger partial charge in [-0.15, -0.1) is 11.3 Å². The lowest BCUT2D eigenvalue weighted by molar-refractivity contribution is -0.133. The van der Waals surface area contributed by atoms with Crippen molar-refractivity contribution in [2.24, 2.45) is 0 Å². The fourth-order valence-electron chi connectivity index (χ4n) is 2.81. The first-order chi connectivity index (χ1) is 10.2. The van der Waals surface area contributed by atoms with Crippen LogP contribution in [0.25, 0.3) is 10.2 Å². The second-order valence-electron chi connectivity index (χ2n) is 5.63. The lowest BCUT2D eigenvalue weighted by Gasteiger charge is -2.32. The van der Waals surface area contributed by atoms with Gasteiger partial charge >= 0.3 is 0 Å². The van der Waals surface area contributed by atoms with Crippen LogP contribution in [0.15, 0.2) is 24.3 Å². The van der Waals surface area contributed by atoms with Gasteiger partial charge in [-0.05, 0) is 38.9 Å². The number of hydrogen-bond acceptors (Lipinski definition) is 4. The van der Waals surface area contributed by atoms with E-state index in [-0.39, 0.29) is 11.9 Å². The standard InChI is InChI=1S/C16H21N3OS/c1-11(17-2)16(20)19-9-7-12(8-10-19)15-18-13-5-3-4-6-14(13)21-15/h3-6,11-12,17H,7-10H2,1-2H3. The van der Waals surface area contributed by atoms with E-state index in [1.54, 1.807) is 11.3 Å². The highest BCUT2D eigenvalue weighted by atomic mass is 32.1. The Balaban J connectivity index is 1.67. The molecule has 1 saturated heterocycles. The maximum Gasteiger partial charge on any atom is 0.239 e. The highest BCUT2D eigenvalue weighted by molar-refractivity contribution is 7.18. The number of carbonyl (C=O) groups excluding carboxylic acids is 1. The number of amides is 1. The Labute approximate surface area is 129 Å². The van der Waals surface area contributed by atoms with E-state index in [0.717, 1.165) is 31.4 Å². The molecule has 0 spiro atoms. The third-order valence-corrected chi connectivity index (χ3v) is 5.47. The predicted octanol–water partition coefficient (Wildman–Crippen LogP) is 2.61. The molecule has 5 heteroatoms. The Morgan fingerprint density at radius 3 is 2.76 bits per heavy atom. The first-order valence-corrected chi connectivity index (χ1v) is 8.32. The van der Waals surface area contributed by atoms with Gasteiger partial charge in [0.15, 0.2) is 0 Å². The number of carbonyl (C=O) groups is 1. The molecule has 1 aromatic heterocycles. The molecule has 3 rings (SSSR count). The monoisotopic (exact) mass is 303 g/mol. The quantitative estimate of drug-likeness (QED) is 0.948. The average Bonchev–Trinajstić information content (AvgIpc) is 2.97. The Bertz CT molecular complexity index is 598. The van der Waals surface area contributed by atoms with Crippen LogP contribution in [0.4, 0.5) is 0 Å². The summed E-state index contributed by atoms with van der Waals surface area (Å²) in [6.07, 6.45) is 2.03. The fourth-order valence-corrected chi connectivity index (χ4v) is 3.95. The number of piperidine rings is 1. The van der Waals surface area contributed by atoms with E-state index < -0.39 is 0 Å². The molecule has 2 aromatic rings.